The fraction of sp³-hybridized carbons (Fsp3) is 0.471. The predicted molar refractivity (Wildman–Crippen MR) is 102 cm³/mol. The Morgan fingerprint density at radius 3 is 2.79 bits per heavy atom. The van der Waals surface area contributed by atoms with Crippen LogP contribution in [0.4, 0.5) is 0 Å². The number of amides is 1. The normalized spacial score (nSPS) is 11.7. The number of allylic oxidation sites excluding steroid dienone is 1. The summed E-state index contributed by atoms with van der Waals surface area (Å²) in [5, 5.41) is 4.11. The second-order valence-corrected chi connectivity index (χ2v) is 8.53. The highest BCUT2D eigenvalue weighted by Crippen LogP contribution is 2.25. The number of aryl methyl sites for hydroxylation is 1. The third-order valence-corrected chi connectivity index (χ3v) is 5.32. The van der Waals surface area contributed by atoms with Gasteiger partial charge in [-0.05, 0) is 33.3 Å². The Morgan fingerprint density at radius 2 is 2.21 bits per heavy atom. The van der Waals surface area contributed by atoms with E-state index in [0.29, 0.717) is 17.1 Å². The molecular weight excluding hydrogens is 342 g/mol. The first-order valence-electron chi connectivity index (χ1n) is 7.83. The maximum absolute atomic E-state index is 12.7. The highest BCUT2D eigenvalue weighted by atomic mass is 32.2. The van der Waals surface area contributed by atoms with Crippen molar-refractivity contribution < 1.29 is 4.79 Å². The lowest BCUT2D eigenvalue weighted by atomic mass is 10.1. The molecule has 0 aliphatic heterocycles. The largest absolute Gasteiger partial charge is 0.351 e. The molecule has 2 heterocycles. The van der Waals surface area contributed by atoms with Crippen LogP contribution in [0.25, 0.3) is 10.2 Å². The van der Waals surface area contributed by atoms with Crippen LogP contribution in [0.1, 0.15) is 32.6 Å². The lowest BCUT2D eigenvalue weighted by molar-refractivity contribution is -0.119. The molecule has 0 bridgehead atoms. The number of thiophene rings is 1. The summed E-state index contributed by atoms with van der Waals surface area (Å²) in [5.74, 6) is 0.144. The minimum Gasteiger partial charge on any atom is -0.351 e. The molecule has 0 aliphatic rings. The monoisotopic (exact) mass is 365 g/mol. The summed E-state index contributed by atoms with van der Waals surface area (Å²) in [5.41, 5.74) is -0.353. The second-order valence-electron chi connectivity index (χ2n) is 6.47. The van der Waals surface area contributed by atoms with E-state index in [1.54, 1.807) is 10.6 Å². The van der Waals surface area contributed by atoms with Crippen molar-refractivity contribution in [3.63, 3.8) is 0 Å². The first-order chi connectivity index (χ1) is 11.2. The van der Waals surface area contributed by atoms with Crippen LogP contribution >= 0.6 is 23.1 Å². The fourth-order valence-corrected chi connectivity index (χ4v) is 4.02. The number of hydrogen-bond donors (Lipinski definition) is 1. The van der Waals surface area contributed by atoms with Gasteiger partial charge in [-0.2, -0.15) is 0 Å². The van der Waals surface area contributed by atoms with Gasteiger partial charge in [0.05, 0.1) is 11.1 Å². The van der Waals surface area contributed by atoms with Crippen molar-refractivity contribution in [1.29, 1.82) is 0 Å². The lowest BCUT2D eigenvalue weighted by Crippen LogP contribution is -2.41. The summed E-state index contributed by atoms with van der Waals surface area (Å²) in [6.07, 6.45) is 2.54. The minimum atomic E-state index is -0.278. The molecule has 0 aliphatic carbocycles. The van der Waals surface area contributed by atoms with Crippen LogP contribution in [-0.2, 0) is 17.8 Å². The lowest BCUT2D eigenvalue weighted by Gasteiger charge is -2.20. The number of nitrogens with one attached hydrogen (secondary N) is 1. The first-order valence-corrected chi connectivity index (χ1v) is 9.63. The molecule has 0 saturated carbocycles. The van der Waals surface area contributed by atoms with Gasteiger partial charge in [-0.15, -0.1) is 17.9 Å². The summed E-state index contributed by atoms with van der Waals surface area (Å²) in [7, 11) is 0. The molecule has 2 rings (SSSR count). The third-order valence-electron chi connectivity index (χ3n) is 3.17. The topological polar surface area (TPSA) is 64.0 Å². The van der Waals surface area contributed by atoms with E-state index in [4.69, 9.17) is 0 Å². The zero-order valence-corrected chi connectivity index (χ0v) is 16.1. The van der Waals surface area contributed by atoms with Crippen molar-refractivity contribution in [3.05, 3.63) is 34.0 Å². The van der Waals surface area contributed by atoms with Crippen LogP contribution in [0.2, 0.25) is 0 Å². The van der Waals surface area contributed by atoms with E-state index < -0.39 is 0 Å². The summed E-state index contributed by atoms with van der Waals surface area (Å²) in [6.45, 7) is 12.0. The van der Waals surface area contributed by atoms with Crippen LogP contribution in [-0.4, -0.2) is 26.8 Å². The van der Waals surface area contributed by atoms with Crippen LogP contribution < -0.4 is 10.9 Å². The van der Waals surface area contributed by atoms with Crippen LogP contribution in [0, 0.1) is 0 Å². The predicted octanol–water partition coefficient (Wildman–Crippen LogP) is 3.21. The van der Waals surface area contributed by atoms with Crippen molar-refractivity contribution in [3.8, 4) is 0 Å². The van der Waals surface area contributed by atoms with E-state index in [1.165, 1.54) is 23.1 Å². The molecule has 1 N–H and O–H groups in total. The average Bonchev–Trinajstić information content (AvgIpc) is 2.90. The Balaban J connectivity index is 2.33. The molecule has 1 amide bonds. The molecular formula is C17H23N3O2S2. The molecule has 130 valence electrons. The van der Waals surface area contributed by atoms with Gasteiger partial charge < -0.3 is 5.32 Å². The molecule has 0 radical (unpaired) electrons. The zero-order valence-electron chi connectivity index (χ0n) is 14.5. The molecule has 0 saturated heterocycles. The van der Waals surface area contributed by atoms with E-state index in [1.807, 2.05) is 26.8 Å². The fourth-order valence-electron chi connectivity index (χ4n) is 2.21. The summed E-state index contributed by atoms with van der Waals surface area (Å²) >= 11 is 2.81. The highest BCUT2D eigenvalue weighted by Gasteiger charge is 2.17. The summed E-state index contributed by atoms with van der Waals surface area (Å²) < 4.78 is 1.58. The molecule has 2 aromatic rings. The van der Waals surface area contributed by atoms with Crippen molar-refractivity contribution in [2.45, 2.75) is 51.4 Å². The quantitative estimate of drug-likeness (QED) is 0.485. The summed E-state index contributed by atoms with van der Waals surface area (Å²) in [4.78, 5) is 31.2. The average molecular weight is 366 g/mol. The second kappa shape index (κ2) is 7.53. The number of fused-ring (bicyclic) bond motifs is 1. The number of carbonyl (C=O) groups excluding carboxylic acids is 1. The van der Waals surface area contributed by atoms with E-state index in [-0.39, 0.29) is 22.8 Å². The van der Waals surface area contributed by atoms with E-state index in [9.17, 15) is 9.59 Å². The number of aromatic nitrogens is 2. The molecule has 0 fully saturated rings. The number of thioether (sulfide) groups is 1. The number of carbonyl (C=O) groups is 1. The van der Waals surface area contributed by atoms with Gasteiger partial charge in [0.1, 0.15) is 4.83 Å². The molecule has 2 aromatic heterocycles. The zero-order chi connectivity index (χ0) is 17.9. The molecule has 0 unspecified atom stereocenters. The molecule has 24 heavy (non-hydrogen) atoms. The van der Waals surface area contributed by atoms with Crippen LogP contribution in [0.5, 0.6) is 0 Å². The maximum atomic E-state index is 12.7. The number of hydrogen-bond acceptors (Lipinski definition) is 5. The number of nitrogens with zero attached hydrogens (tertiary/aromatic N) is 2. The summed E-state index contributed by atoms with van der Waals surface area (Å²) in [6, 6.07) is 1.91. The van der Waals surface area contributed by atoms with Crippen molar-refractivity contribution in [2.75, 3.05) is 5.75 Å². The van der Waals surface area contributed by atoms with E-state index in [2.05, 4.69) is 23.8 Å². The van der Waals surface area contributed by atoms with Crippen LogP contribution in [0.15, 0.2) is 28.7 Å². The maximum Gasteiger partial charge on any atom is 0.263 e. The Hall–Kier alpha value is -1.60. The van der Waals surface area contributed by atoms with Crippen LogP contribution in [0.3, 0.4) is 0 Å². The van der Waals surface area contributed by atoms with E-state index in [0.717, 1.165) is 16.1 Å². The van der Waals surface area contributed by atoms with Crippen molar-refractivity contribution >= 4 is 39.2 Å². The Bertz CT molecular complexity index is 816. The van der Waals surface area contributed by atoms with Gasteiger partial charge >= 0.3 is 0 Å². The van der Waals surface area contributed by atoms with Gasteiger partial charge in [0.2, 0.25) is 5.91 Å². The Morgan fingerprint density at radius 1 is 1.50 bits per heavy atom. The smallest absolute Gasteiger partial charge is 0.263 e. The highest BCUT2D eigenvalue weighted by molar-refractivity contribution is 7.99. The van der Waals surface area contributed by atoms with Gasteiger partial charge in [-0.25, -0.2) is 4.98 Å². The number of rotatable bonds is 6. The van der Waals surface area contributed by atoms with Gasteiger partial charge in [0, 0.05) is 17.0 Å². The first kappa shape index (κ1) is 18.7. The van der Waals surface area contributed by atoms with Gasteiger partial charge in [-0.3, -0.25) is 14.2 Å². The van der Waals surface area contributed by atoms with Gasteiger partial charge in [0.25, 0.3) is 5.56 Å². The molecule has 7 heteroatoms. The van der Waals surface area contributed by atoms with Crippen molar-refractivity contribution in [2.24, 2.45) is 0 Å². The SMILES string of the molecule is C=CCn1c(SCC(=O)NC(C)(C)C)nc2sc(CC)cc2c1=O. The standard InChI is InChI=1S/C17H23N3O2S2/c1-6-8-20-15(22)12-9-11(7-2)24-14(12)18-16(20)23-10-13(21)19-17(3,4)5/h6,9H,1,7-8,10H2,2-5H3,(H,19,21). The van der Waals surface area contributed by atoms with Gasteiger partial charge in [-0.1, -0.05) is 24.8 Å². The third kappa shape index (κ3) is 4.48. The van der Waals surface area contributed by atoms with Gasteiger partial charge in [0.15, 0.2) is 5.16 Å². The Kier molecular flexibility index (Phi) is 5.87. The Labute approximate surface area is 150 Å². The molecule has 0 atom stereocenters. The van der Waals surface area contributed by atoms with Crippen molar-refractivity contribution in [1.82, 2.24) is 14.9 Å². The molecule has 0 aromatic carbocycles. The molecule has 0 spiro atoms. The minimum absolute atomic E-state index is 0.0745. The van der Waals surface area contributed by atoms with E-state index >= 15 is 0 Å². The molecule has 5 nitrogen and oxygen atoms in total.